The van der Waals surface area contributed by atoms with Crippen LogP contribution in [0.5, 0.6) is 0 Å². The van der Waals surface area contributed by atoms with Crippen molar-refractivity contribution < 1.29 is 9.90 Å². The second kappa shape index (κ2) is 2.92. The van der Waals surface area contributed by atoms with E-state index >= 15 is 0 Å². The zero-order valence-electron chi connectivity index (χ0n) is 7.92. The summed E-state index contributed by atoms with van der Waals surface area (Å²) in [6, 6.07) is 0. The van der Waals surface area contributed by atoms with Gasteiger partial charge in [0.15, 0.2) is 0 Å². The van der Waals surface area contributed by atoms with Crippen molar-refractivity contribution in [3.05, 3.63) is 11.6 Å². The molecular formula is C10H16O2. The summed E-state index contributed by atoms with van der Waals surface area (Å²) < 4.78 is 0. The van der Waals surface area contributed by atoms with Gasteiger partial charge in [0.1, 0.15) is 0 Å². The van der Waals surface area contributed by atoms with E-state index in [1.807, 2.05) is 13.0 Å². The number of hydrogen-bond donors (Lipinski definition) is 1. The standard InChI is InChI=1S/C10H16O2/c1-7-8(9(11)12)5-4-6-10(7,2)3/h5,7H,4,6H2,1-3H3,(H,11,12). The normalized spacial score (nSPS) is 27.9. The number of carboxylic acid groups (broad SMARTS) is 1. The second-order valence-corrected chi connectivity index (χ2v) is 4.21. The van der Waals surface area contributed by atoms with E-state index in [0.29, 0.717) is 5.57 Å². The molecule has 0 spiro atoms. The molecule has 68 valence electrons. The first-order chi connectivity index (χ1) is 5.45. The van der Waals surface area contributed by atoms with Crippen molar-refractivity contribution >= 4 is 5.97 Å². The fourth-order valence-electron chi connectivity index (χ4n) is 1.69. The van der Waals surface area contributed by atoms with Gasteiger partial charge >= 0.3 is 5.97 Å². The Hall–Kier alpha value is -0.790. The molecular weight excluding hydrogens is 152 g/mol. The summed E-state index contributed by atoms with van der Waals surface area (Å²) in [7, 11) is 0. The minimum Gasteiger partial charge on any atom is -0.478 e. The molecule has 1 atom stereocenters. The molecule has 1 aliphatic carbocycles. The van der Waals surface area contributed by atoms with Gasteiger partial charge in [-0.3, -0.25) is 0 Å². The van der Waals surface area contributed by atoms with Crippen LogP contribution >= 0.6 is 0 Å². The van der Waals surface area contributed by atoms with E-state index in [0.717, 1.165) is 12.8 Å². The molecule has 12 heavy (non-hydrogen) atoms. The fraction of sp³-hybridized carbons (Fsp3) is 0.700. The molecule has 0 saturated carbocycles. The molecule has 0 aromatic rings. The summed E-state index contributed by atoms with van der Waals surface area (Å²) in [4.78, 5) is 10.8. The van der Waals surface area contributed by atoms with Gasteiger partial charge < -0.3 is 5.11 Å². The Morgan fingerprint density at radius 3 is 2.67 bits per heavy atom. The van der Waals surface area contributed by atoms with Crippen LogP contribution in [0.15, 0.2) is 11.6 Å². The summed E-state index contributed by atoms with van der Waals surface area (Å²) in [5, 5.41) is 8.87. The Kier molecular flexibility index (Phi) is 2.27. The lowest BCUT2D eigenvalue weighted by molar-refractivity contribution is -0.133. The number of carbonyl (C=O) groups is 1. The van der Waals surface area contributed by atoms with Crippen LogP contribution in [0.3, 0.4) is 0 Å². The lowest BCUT2D eigenvalue weighted by Gasteiger charge is -2.35. The number of hydrogen-bond acceptors (Lipinski definition) is 1. The highest BCUT2D eigenvalue weighted by Crippen LogP contribution is 2.40. The maximum Gasteiger partial charge on any atom is 0.331 e. The summed E-state index contributed by atoms with van der Waals surface area (Å²) in [5.41, 5.74) is 0.730. The molecule has 0 bridgehead atoms. The topological polar surface area (TPSA) is 37.3 Å². The van der Waals surface area contributed by atoms with E-state index in [4.69, 9.17) is 5.11 Å². The van der Waals surface area contributed by atoms with Gasteiger partial charge in [0.05, 0.1) is 0 Å². The average molecular weight is 168 g/mol. The van der Waals surface area contributed by atoms with Crippen LogP contribution in [0, 0.1) is 11.3 Å². The number of carboxylic acids is 1. The van der Waals surface area contributed by atoms with Crippen LogP contribution in [-0.2, 0) is 4.79 Å². The van der Waals surface area contributed by atoms with Crippen LogP contribution in [0.25, 0.3) is 0 Å². The van der Waals surface area contributed by atoms with Crippen molar-refractivity contribution in [2.45, 2.75) is 33.6 Å². The molecule has 1 N–H and O–H groups in total. The Morgan fingerprint density at radius 2 is 2.25 bits per heavy atom. The van der Waals surface area contributed by atoms with Gasteiger partial charge in [-0.2, -0.15) is 0 Å². The Bertz CT molecular complexity index is 226. The van der Waals surface area contributed by atoms with Crippen molar-refractivity contribution in [1.29, 1.82) is 0 Å². The zero-order chi connectivity index (χ0) is 9.35. The highest BCUT2D eigenvalue weighted by atomic mass is 16.4. The van der Waals surface area contributed by atoms with E-state index in [2.05, 4.69) is 13.8 Å². The second-order valence-electron chi connectivity index (χ2n) is 4.21. The minimum atomic E-state index is -0.754. The molecule has 0 heterocycles. The third-order valence-electron chi connectivity index (χ3n) is 3.04. The van der Waals surface area contributed by atoms with E-state index < -0.39 is 5.97 Å². The first-order valence-electron chi connectivity index (χ1n) is 4.38. The van der Waals surface area contributed by atoms with E-state index in [-0.39, 0.29) is 11.3 Å². The molecule has 0 aromatic carbocycles. The quantitative estimate of drug-likeness (QED) is 0.653. The van der Waals surface area contributed by atoms with Crippen molar-refractivity contribution in [3.8, 4) is 0 Å². The number of allylic oxidation sites excluding steroid dienone is 1. The lowest BCUT2D eigenvalue weighted by Crippen LogP contribution is -2.29. The molecule has 0 fully saturated rings. The van der Waals surface area contributed by atoms with Crippen LogP contribution in [0.4, 0.5) is 0 Å². The van der Waals surface area contributed by atoms with Gasteiger partial charge in [-0.15, -0.1) is 0 Å². The smallest absolute Gasteiger partial charge is 0.331 e. The van der Waals surface area contributed by atoms with E-state index in [9.17, 15) is 4.79 Å². The fourth-order valence-corrected chi connectivity index (χ4v) is 1.69. The first-order valence-corrected chi connectivity index (χ1v) is 4.38. The molecule has 0 aliphatic heterocycles. The number of aliphatic carboxylic acids is 1. The number of rotatable bonds is 1. The summed E-state index contributed by atoms with van der Waals surface area (Å²) in [6.45, 7) is 6.26. The van der Waals surface area contributed by atoms with E-state index in [1.54, 1.807) is 0 Å². The lowest BCUT2D eigenvalue weighted by atomic mass is 9.69. The molecule has 2 nitrogen and oxygen atoms in total. The highest BCUT2D eigenvalue weighted by molar-refractivity contribution is 5.87. The van der Waals surface area contributed by atoms with Gasteiger partial charge in [-0.05, 0) is 24.2 Å². The maximum absolute atomic E-state index is 10.8. The van der Waals surface area contributed by atoms with Crippen LogP contribution in [-0.4, -0.2) is 11.1 Å². The largest absolute Gasteiger partial charge is 0.478 e. The predicted molar refractivity (Wildman–Crippen MR) is 47.9 cm³/mol. The van der Waals surface area contributed by atoms with Crippen LogP contribution in [0.1, 0.15) is 33.6 Å². The van der Waals surface area contributed by atoms with Gasteiger partial charge in [-0.1, -0.05) is 26.8 Å². The SMILES string of the molecule is CC1C(C(=O)O)=CCCC1(C)C. The van der Waals surface area contributed by atoms with E-state index in [1.165, 1.54) is 0 Å². The summed E-state index contributed by atoms with van der Waals surface area (Å²) >= 11 is 0. The molecule has 1 rings (SSSR count). The van der Waals surface area contributed by atoms with Gasteiger partial charge in [-0.25, -0.2) is 4.79 Å². The molecule has 1 aliphatic rings. The molecule has 0 radical (unpaired) electrons. The van der Waals surface area contributed by atoms with Crippen molar-refractivity contribution in [1.82, 2.24) is 0 Å². The van der Waals surface area contributed by atoms with Gasteiger partial charge in [0.25, 0.3) is 0 Å². The first kappa shape index (κ1) is 9.30. The monoisotopic (exact) mass is 168 g/mol. The van der Waals surface area contributed by atoms with Gasteiger partial charge in [0.2, 0.25) is 0 Å². The molecule has 0 saturated heterocycles. The highest BCUT2D eigenvalue weighted by Gasteiger charge is 2.33. The minimum absolute atomic E-state index is 0.141. The summed E-state index contributed by atoms with van der Waals surface area (Å²) in [6.07, 6.45) is 3.85. The Balaban J connectivity index is 2.90. The molecule has 1 unspecified atom stereocenters. The summed E-state index contributed by atoms with van der Waals surface area (Å²) in [5.74, 6) is -0.584. The molecule has 2 heteroatoms. The van der Waals surface area contributed by atoms with Crippen molar-refractivity contribution in [3.63, 3.8) is 0 Å². The molecule has 0 aromatic heterocycles. The zero-order valence-corrected chi connectivity index (χ0v) is 7.92. The third kappa shape index (κ3) is 1.52. The van der Waals surface area contributed by atoms with Gasteiger partial charge in [0, 0.05) is 5.57 Å². The van der Waals surface area contributed by atoms with Crippen molar-refractivity contribution in [2.24, 2.45) is 11.3 Å². The third-order valence-corrected chi connectivity index (χ3v) is 3.04. The van der Waals surface area contributed by atoms with Crippen LogP contribution in [0.2, 0.25) is 0 Å². The Morgan fingerprint density at radius 1 is 1.67 bits per heavy atom. The predicted octanol–water partition coefficient (Wildman–Crippen LogP) is 2.45. The average Bonchev–Trinajstić information content (AvgIpc) is 1.94. The maximum atomic E-state index is 10.8. The van der Waals surface area contributed by atoms with Crippen LogP contribution < -0.4 is 0 Å². The van der Waals surface area contributed by atoms with Crippen molar-refractivity contribution in [2.75, 3.05) is 0 Å². The Labute approximate surface area is 73.3 Å². The molecule has 0 amide bonds.